The molecule has 1 aromatic rings. The van der Waals surface area contributed by atoms with Crippen LogP contribution in [0.5, 0.6) is 0 Å². The van der Waals surface area contributed by atoms with Crippen molar-refractivity contribution in [3.8, 4) is 0 Å². The lowest BCUT2D eigenvalue weighted by atomic mass is 10.1. The number of aliphatic hydroxyl groups excluding tert-OH is 4. The second kappa shape index (κ2) is 5.37. The zero-order chi connectivity index (χ0) is 12.4. The molecule has 4 N–H and O–H groups in total. The van der Waals surface area contributed by atoms with Gasteiger partial charge in [-0.15, -0.1) is 0 Å². The summed E-state index contributed by atoms with van der Waals surface area (Å²) in [6.45, 7) is -0.175. The maximum atomic E-state index is 9.89. The van der Waals surface area contributed by atoms with Crippen LogP contribution >= 0.6 is 10.9 Å². The van der Waals surface area contributed by atoms with E-state index < -0.39 is 29.2 Å². The Morgan fingerprint density at radius 1 is 1.06 bits per heavy atom. The first-order valence-electron chi connectivity index (χ1n) is 5.62. The number of thiol groups is 1. The average Bonchev–Trinajstić information content (AvgIpc) is 2.36. The van der Waals surface area contributed by atoms with E-state index in [0.29, 0.717) is 5.75 Å². The van der Waals surface area contributed by atoms with Crippen LogP contribution in [0.1, 0.15) is 0 Å². The van der Waals surface area contributed by atoms with E-state index in [1.165, 1.54) is 0 Å². The predicted molar refractivity (Wildman–Crippen MR) is 67.5 cm³/mol. The van der Waals surface area contributed by atoms with Crippen molar-refractivity contribution in [3.63, 3.8) is 0 Å². The molecule has 1 saturated heterocycles. The monoisotopic (exact) mass is 258 g/mol. The van der Waals surface area contributed by atoms with E-state index >= 15 is 0 Å². The molecule has 1 fully saturated rings. The standard InChI is InChI=1S/C12H18O4S/c13-6-10-12(16)11(15)9(14)7-17(10)8-4-2-1-3-5-8/h1-5,9-17H,6-7H2/t9-,10+,11-,12-/m0/s1. The molecule has 1 aliphatic rings. The quantitative estimate of drug-likeness (QED) is 0.464. The summed E-state index contributed by atoms with van der Waals surface area (Å²) in [5.74, 6) is 0.419. The van der Waals surface area contributed by atoms with Crippen molar-refractivity contribution in [1.82, 2.24) is 0 Å². The second-order valence-corrected chi connectivity index (χ2v) is 6.77. The molecule has 0 bridgehead atoms. The molecule has 1 aliphatic heterocycles. The van der Waals surface area contributed by atoms with E-state index in [0.717, 1.165) is 4.90 Å². The maximum Gasteiger partial charge on any atom is 0.108 e. The van der Waals surface area contributed by atoms with E-state index in [1.54, 1.807) is 0 Å². The van der Waals surface area contributed by atoms with Crippen molar-refractivity contribution >= 4 is 10.9 Å². The molecule has 5 atom stereocenters. The summed E-state index contributed by atoms with van der Waals surface area (Å²) in [7, 11) is -0.846. The third-order valence-corrected chi connectivity index (χ3v) is 6.20. The van der Waals surface area contributed by atoms with Gasteiger partial charge in [0.15, 0.2) is 0 Å². The summed E-state index contributed by atoms with van der Waals surface area (Å²) in [6.07, 6.45) is -3.14. The molecule has 96 valence electrons. The zero-order valence-electron chi connectivity index (χ0n) is 9.35. The van der Waals surface area contributed by atoms with Crippen molar-refractivity contribution in [1.29, 1.82) is 0 Å². The van der Waals surface area contributed by atoms with Gasteiger partial charge in [0, 0.05) is 11.0 Å². The van der Waals surface area contributed by atoms with Crippen LogP contribution in [-0.2, 0) is 0 Å². The highest BCUT2D eigenvalue weighted by Gasteiger charge is 2.41. The molecule has 2 rings (SSSR count). The highest BCUT2D eigenvalue weighted by molar-refractivity contribution is 8.17. The van der Waals surface area contributed by atoms with Crippen LogP contribution < -0.4 is 0 Å². The van der Waals surface area contributed by atoms with Gasteiger partial charge in [-0.25, -0.2) is 10.9 Å². The van der Waals surface area contributed by atoms with Crippen LogP contribution in [0.3, 0.4) is 0 Å². The lowest BCUT2D eigenvalue weighted by molar-refractivity contribution is -0.0602. The fourth-order valence-corrected chi connectivity index (χ4v) is 4.99. The van der Waals surface area contributed by atoms with Crippen molar-refractivity contribution in [2.75, 3.05) is 12.4 Å². The predicted octanol–water partition coefficient (Wildman–Crippen LogP) is -0.496. The Hall–Kier alpha value is -0.590. The Bertz CT molecular complexity index is 359. The molecule has 0 aromatic heterocycles. The largest absolute Gasteiger partial charge is 0.395 e. The number of hydrogen-bond acceptors (Lipinski definition) is 4. The van der Waals surface area contributed by atoms with Gasteiger partial charge in [0.1, 0.15) is 6.10 Å². The molecule has 1 aromatic carbocycles. The number of benzene rings is 1. The van der Waals surface area contributed by atoms with Crippen LogP contribution in [0, 0.1) is 0 Å². The Kier molecular flexibility index (Phi) is 4.06. The summed E-state index contributed by atoms with van der Waals surface area (Å²) in [5.41, 5.74) is 0. The minimum Gasteiger partial charge on any atom is -0.395 e. The molecule has 17 heavy (non-hydrogen) atoms. The van der Waals surface area contributed by atoms with Gasteiger partial charge in [-0.3, -0.25) is 0 Å². The molecular weight excluding hydrogens is 240 g/mol. The van der Waals surface area contributed by atoms with Gasteiger partial charge in [-0.05, 0) is 4.90 Å². The van der Waals surface area contributed by atoms with Crippen LogP contribution in [0.4, 0.5) is 0 Å². The lowest BCUT2D eigenvalue weighted by Crippen LogP contribution is -2.52. The molecule has 0 spiro atoms. The van der Waals surface area contributed by atoms with Crippen LogP contribution in [0.15, 0.2) is 35.2 Å². The Labute approximate surface area is 103 Å². The molecule has 0 amide bonds. The van der Waals surface area contributed by atoms with E-state index in [4.69, 9.17) is 0 Å². The van der Waals surface area contributed by atoms with Crippen molar-refractivity contribution in [3.05, 3.63) is 30.3 Å². The Balaban J connectivity index is 2.26. The first kappa shape index (κ1) is 12.9. The third-order valence-electron chi connectivity index (χ3n) is 3.20. The second-order valence-electron chi connectivity index (χ2n) is 4.29. The topological polar surface area (TPSA) is 80.9 Å². The normalized spacial score (nSPS) is 40.1. The van der Waals surface area contributed by atoms with Crippen molar-refractivity contribution in [2.24, 2.45) is 0 Å². The molecule has 1 unspecified atom stereocenters. The Morgan fingerprint density at radius 2 is 1.71 bits per heavy atom. The Morgan fingerprint density at radius 3 is 2.29 bits per heavy atom. The van der Waals surface area contributed by atoms with Gasteiger partial charge in [0.05, 0.1) is 18.8 Å². The molecule has 1 heterocycles. The van der Waals surface area contributed by atoms with Crippen LogP contribution in [-0.4, -0.2) is 56.3 Å². The van der Waals surface area contributed by atoms with Gasteiger partial charge in [-0.2, -0.15) is 0 Å². The maximum absolute atomic E-state index is 9.89. The molecule has 0 radical (unpaired) electrons. The molecule has 5 heteroatoms. The van der Waals surface area contributed by atoms with E-state index in [2.05, 4.69) is 0 Å². The summed E-state index contributed by atoms with van der Waals surface area (Å²) in [4.78, 5) is 1.03. The molecule has 0 aliphatic carbocycles. The number of aliphatic hydroxyl groups is 4. The number of rotatable bonds is 2. The summed E-state index contributed by atoms with van der Waals surface area (Å²) in [6, 6.07) is 9.57. The van der Waals surface area contributed by atoms with E-state index in [-0.39, 0.29) is 11.9 Å². The molecule has 0 saturated carbocycles. The zero-order valence-corrected chi connectivity index (χ0v) is 10.2. The van der Waals surface area contributed by atoms with Gasteiger partial charge >= 0.3 is 0 Å². The summed E-state index contributed by atoms with van der Waals surface area (Å²) >= 11 is 0. The van der Waals surface area contributed by atoms with Gasteiger partial charge in [0.2, 0.25) is 0 Å². The van der Waals surface area contributed by atoms with Crippen molar-refractivity contribution in [2.45, 2.75) is 28.5 Å². The first-order valence-corrected chi connectivity index (χ1v) is 7.21. The highest BCUT2D eigenvalue weighted by atomic mass is 32.2. The minimum atomic E-state index is -1.16. The molecule has 4 nitrogen and oxygen atoms in total. The average molecular weight is 258 g/mol. The van der Waals surface area contributed by atoms with Gasteiger partial charge in [-0.1, -0.05) is 30.3 Å². The SMILES string of the molecule is OC[C@@H]1[C@H](O)[C@@H](O)[C@@H](O)C[SH]1c1ccccc1. The van der Waals surface area contributed by atoms with E-state index in [1.807, 2.05) is 30.3 Å². The van der Waals surface area contributed by atoms with Crippen LogP contribution in [0.25, 0.3) is 0 Å². The highest BCUT2D eigenvalue weighted by Crippen LogP contribution is 2.46. The van der Waals surface area contributed by atoms with Crippen molar-refractivity contribution < 1.29 is 20.4 Å². The molecular formula is C12H18O4S. The summed E-state index contributed by atoms with van der Waals surface area (Å²) in [5, 5.41) is 38.2. The van der Waals surface area contributed by atoms with Gasteiger partial charge in [0.25, 0.3) is 0 Å². The smallest absolute Gasteiger partial charge is 0.108 e. The first-order chi connectivity index (χ1) is 8.15. The minimum absolute atomic E-state index is 0.175. The van der Waals surface area contributed by atoms with Gasteiger partial charge < -0.3 is 20.4 Å². The van der Waals surface area contributed by atoms with Crippen LogP contribution in [0.2, 0.25) is 0 Å². The fourth-order valence-electron chi connectivity index (χ4n) is 2.21. The summed E-state index contributed by atoms with van der Waals surface area (Å²) < 4.78 is 0. The van der Waals surface area contributed by atoms with E-state index in [9.17, 15) is 20.4 Å². The fraction of sp³-hybridized carbons (Fsp3) is 0.500. The lowest BCUT2D eigenvalue weighted by Gasteiger charge is -2.43. The third kappa shape index (κ3) is 2.48. The number of hydrogen-bond donors (Lipinski definition) is 5.